The summed E-state index contributed by atoms with van der Waals surface area (Å²) in [5.41, 5.74) is -1.37. The zero-order valence-electron chi connectivity index (χ0n) is 16.4. The van der Waals surface area contributed by atoms with Crippen LogP contribution in [0.5, 0.6) is 0 Å². The van der Waals surface area contributed by atoms with Gasteiger partial charge in [-0.3, -0.25) is 20.2 Å². The van der Waals surface area contributed by atoms with Gasteiger partial charge < -0.3 is 25.2 Å². The second-order valence-electron chi connectivity index (χ2n) is 6.89. The van der Waals surface area contributed by atoms with Crippen LogP contribution in [0.1, 0.15) is 5.56 Å². The van der Waals surface area contributed by atoms with Crippen LogP contribution < -0.4 is 0 Å². The van der Waals surface area contributed by atoms with Crippen LogP contribution in [-0.4, -0.2) is 66.7 Å². The molecule has 5 atom stereocenters. The predicted molar refractivity (Wildman–Crippen MR) is 115 cm³/mol. The van der Waals surface area contributed by atoms with Gasteiger partial charge in [0.1, 0.15) is 29.9 Å². The molecule has 0 amide bonds. The lowest BCUT2D eigenvalue weighted by atomic mass is 10.0. The average molecular weight is 485 g/mol. The highest BCUT2D eigenvalue weighted by molar-refractivity contribution is 8.00. The minimum absolute atomic E-state index is 0.0273. The Morgan fingerprint density at radius 1 is 0.906 bits per heavy atom. The molecule has 13 heteroatoms. The van der Waals surface area contributed by atoms with E-state index >= 15 is 0 Å². The Bertz CT molecular complexity index is 977. The van der Waals surface area contributed by atoms with E-state index in [2.05, 4.69) is 0 Å². The maximum absolute atomic E-state index is 11.6. The topological polar surface area (TPSA) is 176 Å². The van der Waals surface area contributed by atoms with Crippen LogP contribution in [0, 0.1) is 20.2 Å². The molecule has 2 aromatic carbocycles. The number of aliphatic hydroxyl groups excluding tert-OH is 4. The molecule has 0 aliphatic carbocycles. The van der Waals surface area contributed by atoms with E-state index in [9.17, 15) is 40.7 Å². The summed E-state index contributed by atoms with van der Waals surface area (Å²) in [5, 5.41) is 62.6. The molecule has 1 heterocycles. The van der Waals surface area contributed by atoms with E-state index in [0.717, 1.165) is 23.4 Å². The lowest BCUT2D eigenvalue weighted by Crippen LogP contribution is -2.57. The molecule has 0 saturated carbocycles. The Kier molecular flexibility index (Phi) is 8.05. The van der Waals surface area contributed by atoms with Gasteiger partial charge >= 0.3 is 0 Å². The number of hydrogen-bond acceptors (Lipinski definition) is 11. The summed E-state index contributed by atoms with van der Waals surface area (Å²) in [5.74, 6) is 0.379. The molecule has 2 aromatic rings. The van der Waals surface area contributed by atoms with Crippen LogP contribution in [0.15, 0.2) is 52.3 Å². The summed E-state index contributed by atoms with van der Waals surface area (Å²) in [4.78, 5) is 21.8. The smallest absolute Gasteiger partial charge is 0.289 e. The summed E-state index contributed by atoms with van der Waals surface area (Å²) in [6.07, 6.45) is -6.03. The number of nitrogens with zero attached hydrogens (tertiary/aromatic N) is 2. The fourth-order valence-electron chi connectivity index (χ4n) is 3.06. The second-order valence-corrected chi connectivity index (χ2v) is 9.05. The zero-order valence-corrected chi connectivity index (χ0v) is 18.0. The quantitative estimate of drug-likeness (QED) is 0.243. The van der Waals surface area contributed by atoms with Crippen molar-refractivity contribution >= 4 is 34.9 Å². The van der Waals surface area contributed by atoms with Gasteiger partial charge in [-0.1, -0.05) is 42.1 Å². The molecular formula is C19H20N2O9S2. The van der Waals surface area contributed by atoms with Crippen LogP contribution in [0.3, 0.4) is 0 Å². The number of nitro groups is 2. The monoisotopic (exact) mass is 484 g/mol. The molecule has 3 rings (SSSR count). The summed E-state index contributed by atoms with van der Waals surface area (Å²) in [7, 11) is 0. The minimum atomic E-state index is -1.65. The highest BCUT2D eigenvalue weighted by Gasteiger charge is 2.44. The minimum Gasteiger partial charge on any atom is -0.394 e. The Labute approximate surface area is 190 Å². The third kappa shape index (κ3) is 5.38. The molecule has 0 radical (unpaired) electrons. The molecule has 0 aromatic heterocycles. The zero-order chi connectivity index (χ0) is 23.4. The van der Waals surface area contributed by atoms with Crippen molar-refractivity contribution in [2.75, 3.05) is 6.61 Å². The molecule has 4 N–H and O–H groups in total. The number of benzene rings is 2. The average Bonchev–Trinajstić information content (AvgIpc) is 2.78. The molecule has 0 spiro atoms. The van der Waals surface area contributed by atoms with Crippen molar-refractivity contribution < 1.29 is 35.0 Å². The molecular weight excluding hydrogens is 464 g/mol. The van der Waals surface area contributed by atoms with Gasteiger partial charge in [-0.05, 0) is 11.6 Å². The Morgan fingerprint density at radius 3 is 2.12 bits per heavy atom. The van der Waals surface area contributed by atoms with E-state index in [1.165, 1.54) is 6.07 Å². The molecule has 1 aliphatic rings. The lowest BCUT2D eigenvalue weighted by molar-refractivity contribution is -0.397. The first kappa shape index (κ1) is 24.4. The third-order valence-corrected chi connectivity index (χ3v) is 7.08. The first-order valence-electron chi connectivity index (χ1n) is 9.33. The van der Waals surface area contributed by atoms with Crippen molar-refractivity contribution in [3.63, 3.8) is 0 Å². The van der Waals surface area contributed by atoms with E-state index in [1.807, 2.05) is 30.3 Å². The number of hydrogen-bond donors (Lipinski definition) is 4. The van der Waals surface area contributed by atoms with Gasteiger partial charge in [-0.15, -0.1) is 11.8 Å². The van der Waals surface area contributed by atoms with E-state index in [-0.39, 0.29) is 9.79 Å². The van der Waals surface area contributed by atoms with E-state index < -0.39 is 57.7 Å². The van der Waals surface area contributed by atoms with Crippen LogP contribution in [0.25, 0.3) is 0 Å². The van der Waals surface area contributed by atoms with Crippen molar-refractivity contribution in [3.8, 4) is 0 Å². The summed E-state index contributed by atoms with van der Waals surface area (Å²) >= 11 is 1.80. The summed E-state index contributed by atoms with van der Waals surface area (Å²) in [6.45, 7) is -0.650. The van der Waals surface area contributed by atoms with Gasteiger partial charge in [0.15, 0.2) is 0 Å². The Balaban J connectivity index is 1.94. The predicted octanol–water partition coefficient (Wildman–Crippen LogP) is 1.69. The number of ether oxygens (including phenoxy) is 1. The van der Waals surface area contributed by atoms with Gasteiger partial charge in [-0.25, -0.2) is 0 Å². The molecule has 1 saturated heterocycles. The van der Waals surface area contributed by atoms with Gasteiger partial charge in [0.05, 0.1) is 32.3 Å². The van der Waals surface area contributed by atoms with E-state index in [4.69, 9.17) is 4.74 Å². The fourth-order valence-corrected chi connectivity index (χ4v) is 5.32. The maximum atomic E-state index is 11.6. The normalized spacial score (nSPS) is 25.4. The van der Waals surface area contributed by atoms with Crippen molar-refractivity contribution in [2.45, 2.75) is 45.4 Å². The molecule has 0 bridgehead atoms. The Morgan fingerprint density at radius 2 is 1.53 bits per heavy atom. The molecule has 32 heavy (non-hydrogen) atoms. The Hall–Kier alpha value is -2.26. The van der Waals surface area contributed by atoms with Crippen molar-refractivity contribution in [1.82, 2.24) is 0 Å². The third-order valence-electron chi connectivity index (χ3n) is 4.76. The van der Waals surface area contributed by atoms with Crippen LogP contribution in [0.4, 0.5) is 11.4 Å². The largest absolute Gasteiger partial charge is 0.394 e. The number of rotatable bonds is 8. The van der Waals surface area contributed by atoms with E-state index in [1.54, 1.807) is 0 Å². The fraction of sp³-hybridized carbons (Fsp3) is 0.368. The van der Waals surface area contributed by atoms with Gasteiger partial charge in [-0.2, -0.15) is 0 Å². The van der Waals surface area contributed by atoms with Gasteiger partial charge in [0.2, 0.25) is 0 Å². The van der Waals surface area contributed by atoms with Crippen molar-refractivity contribution in [1.29, 1.82) is 0 Å². The number of thioether (sulfide) groups is 2. The SMILES string of the molecule is O=[N+]([O-])c1cc([N+](=O)[O-])c(S[C@@H]2O[C@H](CO)[C@H](O)[C@H](O)[C@H]2O)cc1SCc1ccccc1. The van der Waals surface area contributed by atoms with Crippen molar-refractivity contribution in [2.24, 2.45) is 0 Å². The standard InChI is InChI=1S/C19H20N2O9S2/c22-8-13-16(23)17(24)18(25)19(30-13)32-15-7-14(31-9-10-4-2-1-3-5-10)11(20(26)27)6-12(15)21(28)29/h1-7,13,16-19,22-25H,8-9H2/t13-,16+,17+,18-,19+/m1/s1. The number of nitro benzene ring substituents is 2. The molecule has 1 fully saturated rings. The van der Waals surface area contributed by atoms with Gasteiger partial charge in [0.25, 0.3) is 11.4 Å². The van der Waals surface area contributed by atoms with E-state index in [0.29, 0.717) is 17.5 Å². The maximum Gasteiger partial charge on any atom is 0.289 e. The number of aliphatic hydroxyl groups is 4. The molecule has 172 valence electrons. The molecule has 0 unspecified atom stereocenters. The highest BCUT2D eigenvalue weighted by Crippen LogP contribution is 2.43. The first-order chi connectivity index (χ1) is 15.2. The molecule has 1 aliphatic heterocycles. The van der Waals surface area contributed by atoms with Crippen molar-refractivity contribution in [3.05, 3.63) is 68.3 Å². The van der Waals surface area contributed by atoms with Gasteiger partial charge in [0, 0.05) is 5.75 Å². The van der Waals surface area contributed by atoms with Crippen LogP contribution in [0.2, 0.25) is 0 Å². The highest BCUT2D eigenvalue weighted by atomic mass is 32.2. The lowest BCUT2D eigenvalue weighted by Gasteiger charge is -2.39. The second kappa shape index (κ2) is 10.6. The first-order valence-corrected chi connectivity index (χ1v) is 11.2. The summed E-state index contributed by atoms with van der Waals surface area (Å²) in [6, 6.07) is 11.3. The molecule has 11 nitrogen and oxygen atoms in total. The summed E-state index contributed by atoms with van der Waals surface area (Å²) < 4.78 is 5.41. The van der Waals surface area contributed by atoms with Crippen LogP contribution >= 0.6 is 23.5 Å². The van der Waals surface area contributed by atoms with Crippen LogP contribution in [-0.2, 0) is 10.5 Å².